The molecule has 28 heavy (non-hydrogen) atoms. The number of benzene rings is 2. The van der Waals surface area contributed by atoms with Crippen molar-refractivity contribution in [2.24, 2.45) is 5.92 Å². The van der Waals surface area contributed by atoms with Crippen LogP contribution < -0.4 is 5.32 Å². The monoisotopic (exact) mass is 377 g/mol. The van der Waals surface area contributed by atoms with E-state index >= 15 is 0 Å². The number of rotatable bonds is 3. The lowest BCUT2D eigenvalue weighted by Gasteiger charge is -2.27. The van der Waals surface area contributed by atoms with Crippen molar-refractivity contribution in [3.05, 3.63) is 47.8 Å². The average molecular weight is 377 g/mol. The zero-order valence-corrected chi connectivity index (χ0v) is 15.5. The van der Waals surface area contributed by atoms with Crippen LogP contribution >= 0.6 is 0 Å². The number of hydrogen-bond donors (Lipinski definition) is 2. The number of amides is 1. The number of aromatic amines is 1. The van der Waals surface area contributed by atoms with Gasteiger partial charge < -0.3 is 10.2 Å². The standard InChI is InChI=1S/C21H20FN5O/c1-27-8-6-13(7-9-27)21(28)24-20-18-10-14(3-5-19(18)25-26-20)17-11-16(22)4-2-15(17)12-23/h2-5,10-11,13H,6-9H2,1H3,(H2,24,25,26,28). The van der Waals surface area contributed by atoms with Gasteiger partial charge in [0, 0.05) is 16.9 Å². The molecule has 0 aliphatic carbocycles. The van der Waals surface area contributed by atoms with E-state index in [1.807, 2.05) is 12.1 Å². The fourth-order valence-electron chi connectivity index (χ4n) is 3.62. The van der Waals surface area contributed by atoms with Gasteiger partial charge in [-0.1, -0.05) is 6.07 Å². The molecular formula is C21H20FN5O. The summed E-state index contributed by atoms with van der Waals surface area (Å²) in [4.78, 5) is 14.9. The molecule has 1 fully saturated rings. The molecule has 0 saturated carbocycles. The maximum Gasteiger partial charge on any atom is 0.228 e. The van der Waals surface area contributed by atoms with Crippen molar-refractivity contribution in [3.63, 3.8) is 0 Å². The Hall–Kier alpha value is -3.24. The quantitative estimate of drug-likeness (QED) is 0.731. The van der Waals surface area contributed by atoms with Gasteiger partial charge in [-0.25, -0.2) is 4.39 Å². The number of nitriles is 1. The highest BCUT2D eigenvalue weighted by Crippen LogP contribution is 2.30. The van der Waals surface area contributed by atoms with Gasteiger partial charge in [-0.05, 0) is 68.9 Å². The first-order valence-corrected chi connectivity index (χ1v) is 9.22. The van der Waals surface area contributed by atoms with Gasteiger partial charge in [0.05, 0.1) is 17.1 Å². The first-order chi connectivity index (χ1) is 13.5. The molecule has 6 nitrogen and oxygen atoms in total. The van der Waals surface area contributed by atoms with E-state index in [9.17, 15) is 14.4 Å². The number of carbonyl (C=O) groups excluding carboxylic acids is 1. The lowest BCUT2D eigenvalue weighted by molar-refractivity contribution is -0.121. The van der Waals surface area contributed by atoms with Crippen molar-refractivity contribution in [1.82, 2.24) is 15.1 Å². The van der Waals surface area contributed by atoms with E-state index in [-0.39, 0.29) is 11.8 Å². The molecule has 0 atom stereocenters. The molecule has 2 aromatic carbocycles. The Morgan fingerprint density at radius 3 is 2.82 bits per heavy atom. The summed E-state index contributed by atoms with van der Waals surface area (Å²) in [5.41, 5.74) is 2.36. The van der Waals surface area contributed by atoms with E-state index in [2.05, 4.69) is 33.5 Å². The first-order valence-electron chi connectivity index (χ1n) is 9.22. The van der Waals surface area contributed by atoms with Crippen molar-refractivity contribution in [1.29, 1.82) is 5.26 Å². The Balaban J connectivity index is 1.65. The fourth-order valence-corrected chi connectivity index (χ4v) is 3.62. The van der Waals surface area contributed by atoms with Crippen LogP contribution in [-0.2, 0) is 4.79 Å². The molecule has 1 saturated heterocycles. The number of halogens is 1. The topological polar surface area (TPSA) is 84.8 Å². The van der Waals surface area contributed by atoms with Gasteiger partial charge in [0.15, 0.2) is 5.82 Å². The van der Waals surface area contributed by atoms with Crippen LogP contribution in [0.5, 0.6) is 0 Å². The number of piperidine rings is 1. The van der Waals surface area contributed by atoms with Gasteiger partial charge in [0.25, 0.3) is 0 Å². The fraction of sp³-hybridized carbons (Fsp3) is 0.286. The van der Waals surface area contributed by atoms with Gasteiger partial charge in [0.1, 0.15) is 5.82 Å². The Labute approximate surface area is 162 Å². The Morgan fingerprint density at radius 1 is 1.29 bits per heavy atom. The molecule has 4 rings (SSSR count). The highest BCUT2D eigenvalue weighted by molar-refractivity contribution is 6.01. The van der Waals surface area contributed by atoms with E-state index in [1.54, 1.807) is 6.07 Å². The maximum atomic E-state index is 13.7. The highest BCUT2D eigenvalue weighted by Gasteiger charge is 2.24. The van der Waals surface area contributed by atoms with Gasteiger partial charge >= 0.3 is 0 Å². The molecule has 0 radical (unpaired) electrons. The molecule has 1 aliphatic rings. The third-order valence-corrected chi connectivity index (χ3v) is 5.31. The minimum Gasteiger partial charge on any atom is -0.308 e. The van der Waals surface area contributed by atoms with Crippen molar-refractivity contribution < 1.29 is 9.18 Å². The summed E-state index contributed by atoms with van der Waals surface area (Å²) in [5, 5.41) is 20.1. The van der Waals surface area contributed by atoms with Crippen molar-refractivity contribution in [2.45, 2.75) is 12.8 Å². The zero-order valence-electron chi connectivity index (χ0n) is 15.5. The summed E-state index contributed by atoms with van der Waals surface area (Å²) < 4.78 is 13.7. The molecule has 0 unspecified atom stereocenters. The molecule has 3 aromatic rings. The van der Waals surface area contributed by atoms with Crippen LogP contribution in [0.3, 0.4) is 0 Å². The molecule has 0 spiro atoms. The van der Waals surface area contributed by atoms with Gasteiger partial charge in [-0.15, -0.1) is 0 Å². The minimum atomic E-state index is -0.405. The third-order valence-electron chi connectivity index (χ3n) is 5.31. The Kier molecular flexibility index (Phi) is 4.80. The molecule has 1 aromatic heterocycles. The maximum absolute atomic E-state index is 13.7. The highest BCUT2D eigenvalue weighted by atomic mass is 19.1. The lowest BCUT2D eigenvalue weighted by atomic mass is 9.96. The van der Waals surface area contributed by atoms with Crippen molar-refractivity contribution >= 4 is 22.6 Å². The summed E-state index contributed by atoms with van der Waals surface area (Å²) in [5.74, 6) is -0.0114. The second-order valence-electron chi connectivity index (χ2n) is 7.20. The molecule has 7 heteroatoms. The van der Waals surface area contributed by atoms with Crippen LogP contribution in [0, 0.1) is 23.1 Å². The normalized spacial score (nSPS) is 15.5. The molecule has 1 amide bonds. The molecule has 142 valence electrons. The van der Waals surface area contributed by atoms with E-state index in [4.69, 9.17) is 0 Å². The number of likely N-dealkylation sites (tertiary alicyclic amines) is 1. The van der Waals surface area contributed by atoms with Crippen molar-refractivity contribution in [2.75, 3.05) is 25.5 Å². The Bertz CT molecular complexity index is 1080. The van der Waals surface area contributed by atoms with Gasteiger partial charge in [-0.3, -0.25) is 9.89 Å². The molecule has 1 aliphatic heterocycles. The van der Waals surface area contributed by atoms with Crippen LogP contribution in [-0.4, -0.2) is 41.1 Å². The molecule has 0 bridgehead atoms. The average Bonchev–Trinajstić information content (AvgIpc) is 3.10. The van der Waals surface area contributed by atoms with E-state index in [1.165, 1.54) is 18.2 Å². The van der Waals surface area contributed by atoms with Crippen LogP contribution in [0.2, 0.25) is 0 Å². The summed E-state index contributed by atoms with van der Waals surface area (Å²) in [6.07, 6.45) is 1.65. The summed E-state index contributed by atoms with van der Waals surface area (Å²) >= 11 is 0. The predicted molar refractivity (Wildman–Crippen MR) is 105 cm³/mol. The summed E-state index contributed by atoms with van der Waals surface area (Å²) in [6, 6.07) is 11.6. The molecule has 2 heterocycles. The lowest BCUT2D eigenvalue weighted by Crippen LogP contribution is -2.36. The number of anilines is 1. The number of aromatic nitrogens is 2. The number of nitrogens with zero attached hydrogens (tertiary/aromatic N) is 3. The van der Waals surface area contributed by atoms with Gasteiger partial charge in [-0.2, -0.15) is 10.4 Å². The molecule has 2 N–H and O–H groups in total. The van der Waals surface area contributed by atoms with Gasteiger partial charge in [0.2, 0.25) is 5.91 Å². The van der Waals surface area contributed by atoms with Crippen LogP contribution in [0.1, 0.15) is 18.4 Å². The van der Waals surface area contributed by atoms with E-state index in [0.717, 1.165) is 36.8 Å². The smallest absolute Gasteiger partial charge is 0.228 e. The van der Waals surface area contributed by atoms with E-state index < -0.39 is 5.82 Å². The largest absolute Gasteiger partial charge is 0.308 e. The predicted octanol–water partition coefficient (Wildman–Crippen LogP) is 3.52. The number of H-pyrrole nitrogens is 1. The SMILES string of the molecule is CN1CCC(C(=O)Nc2n[nH]c3ccc(-c4cc(F)ccc4C#N)cc23)CC1. The first kappa shape index (κ1) is 18.1. The van der Waals surface area contributed by atoms with Crippen LogP contribution in [0.4, 0.5) is 10.2 Å². The third kappa shape index (κ3) is 3.47. The van der Waals surface area contributed by atoms with E-state index in [0.29, 0.717) is 22.5 Å². The second kappa shape index (κ2) is 7.41. The number of fused-ring (bicyclic) bond motifs is 1. The number of carbonyl (C=O) groups is 1. The zero-order chi connectivity index (χ0) is 19.7. The number of nitrogens with one attached hydrogen (secondary N) is 2. The van der Waals surface area contributed by atoms with Crippen LogP contribution in [0.15, 0.2) is 36.4 Å². The second-order valence-corrected chi connectivity index (χ2v) is 7.20. The number of hydrogen-bond acceptors (Lipinski definition) is 4. The van der Waals surface area contributed by atoms with Crippen LogP contribution in [0.25, 0.3) is 22.0 Å². The van der Waals surface area contributed by atoms with Crippen molar-refractivity contribution in [3.8, 4) is 17.2 Å². The Morgan fingerprint density at radius 2 is 2.07 bits per heavy atom. The minimum absolute atomic E-state index is 0.0282. The summed E-state index contributed by atoms with van der Waals surface area (Å²) in [7, 11) is 2.05. The summed E-state index contributed by atoms with van der Waals surface area (Å²) in [6.45, 7) is 1.81. The molecular weight excluding hydrogens is 357 g/mol.